The molecule has 0 radical (unpaired) electrons. The smallest absolute Gasteiger partial charge is 0.261 e. The van der Waals surface area contributed by atoms with Crippen LogP contribution < -0.4 is 5.56 Å². The SMILES string of the molecule is Cc1c(C=Cc2nc3ccccc3c(=O)n2CCCO)c2ccccc2n1Cc1ccccc1. The summed E-state index contributed by atoms with van der Waals surface area (Å²) in [5.74, 6) is 0.594. The predicted molar refractivity (Wildman–Crippen MR) is 139 cm³/mol. The molecule has 1 N–H and O–H groups in total. The molecule has 0 aliphatic heterocycles. The highest BCUT2D eigenvalue weighted by atomic mass is 16.3. The van der Waals surface area contributed by atoms with Crippen molar-refractivity contribution in [1.29, 1.82) is 0 Å². The zero-order valence-corrected chi connectivity index (χ0v) is 19.2. The molecule has 5 heteroatoms. The lowest BCUT2D eigenvalue weighted by Gasteiger charge is -2.11. The molecule has 0 fully saturated rings. The largest absolute Gasteiger partial charge is 0.396 e. The van der Waals surface area contributed by atoms with E-state index in [0.717, 1.165) is 23.2 Å². The van der Waals surface area contributed by atoms with Crippen molar-refractivity contribution in [2.24, 2.45) is 0 Å². The predicted octanol–water partition coefficient (Wildman–Crippen LogP) is 5.26. The number of aromatic nitrogens is 3. The molecule has 5 rings (SSSR count). The summed E-state index contributed by atoms with van der Waals surface area (Å²) in [5.41, 5.74) is 5.29. The monoisotopic (exact) mass is 449 g/mol. The zero-order valence-electron chi connectivity index (χ0n) is 19.2. The van der Waals surface area contributed by atoms with Gasteiger partial charge in [-0.1, -0.05) is 60.7 Å². The number of hydrogen-bond donors (Lipinski definition) is 1. The standard InChI is InChI=1S/C29H27N3O2/c1-21-23(24-12-6-8-15-27(24)32(21)20-22-10-3-2-4-11-22)16-17-28-30-26-14-7-5-13-25(26)29(34)31(28)18-9-19-33/h2-8,10-17,33H,9,18-20H2,1H3. The highest BCUT2D eigenvalue weighted by Crippen LogP contribution is 2.28. The number of fused-ring (bicyclic) bond motifs is 2. The molecule has 0 aliphatic carbocycles. The Labute approximate surface area is 198 Å². The highest BCUT2D eigenvalue weighted by molar-refractivity contribution is 5.93. The average Bonchev–Trinajstić information content (AvgIpc) is 3.13. The van der Waals surface area contributed by atoms with Crippen LogP contribution in [0, 0.1) is 6.92 Å². The summed E-state index contributed by atoms with van der Waals surface area (Å²) in [7, 11) is 0. The Kier molecular flexibility index (Phi) is 6.11. The Hall–Kier alpha value is -3.96. The van der Waals surface area contributed by atoms with Crippen LogP contribution in [0.1, 0.15) is 29.1 Å². The van der Waals surface area contributed by atoms with Crippen molar-refractivity contribution in [1.82, 2.24) is 14.1 Å². The van der Waals surface area contributed by atoms with E-state index in [1.807, 2.05) is 30.3 Å². The minimum absolute atomic E-state index is 0.0223. The maximum absolute atomic E-state index is 13.2. The number of benzene rings is 3. The van der Waals surface area contributed by atoms with Gasteiger partial charge < -0.3 is 9.67 Å². The fraction of sp³-hybridized carbons (Fsp3) is 0.172. The molecule has 170 valence electrons. The van der Waals surface area contributed by atoms with Crippen molar-refractivity contribution >= 4 is 34.0 Å². The minimum atomic E-state index is -0.0815. The average molecular weight is 450 g/mol. The third kappa shape index (κ3) is 4.06. The van der Waals surface area contributed by atoms with Gasteiger partial charge in [0.1, 0.15) is 5.82 Å². The maximum Gasteiger partial charge on any atom is 0.261 e. The van der Waals surface area contributed by atoms with Gasteiger partial charge in [0.05, 0.1) is 10.9 Å². The summed E-state index contributed by atoms with van der Waals surface area (Å²) >= 11 is 0. The molecule has 2 heterocycles. The van der Waals surface area contributed by atoms with Crippen LogP contribution in [0.3, 0.4) is 0 Å². The van der Waals surface area contributed by atoms with Crippen LogP contribution in [0.5, 0.6) is 0 Å². The molecule has 3 aromatic carbocycles. The van der Waals surface area contributed by atoms with Gasteiger partial charge in [-0.2, -0.15) is 0 Å². The lowest BCUT2D eigenvalue weighted by atomic mass is 10.1. The number of nitrogens with zero attached hydrogens (tertiary/aromatic N) is 3. The van der Waals surface area contributed by atoms with Gasteiger partial charge in [0.2, 0.25) is 0 Å². The van der Waals surface area contributed by atoms with Crippen molar-refractivity contribution in [2.75, 3.05) is 6.61 Å². The molecular weight excluding hydrogens is 422 g/mol. The lowest BCUT2D eigenvalue weighted by molar-refractivity contribution is 0.278. The third-order valence-electron chi connectivity index (χ3n) is 6.29. The molecule has 34 heavy (non-hydrogen) atoms. The van der Waals surface area contributed by atoms with Crippen molar-refractivity contribution in [2.45, 2.75) is 26.4 Å². The number of aliphatic hydroxyl groups is 1. The van der Waals surface area contributed by atoms with E-state index in [9.17, 15) is 9.90 Å². The fourth-order valence-corrected chi connectivity index (χ4v) is 4.55. The van der Waals surface area contributed by atoms with E-state index in [2.05, 4.69) is 66.1 Å². The Balaban J connectivity index is 1.62. The first-order chi connectivity index (χ1) is 16.7. The van der Waals surface area contributed by atoms with E-state index < -0.39 is 0 Å². The molecule has 0 aliphatic rings. The summed E-state index contributed by atoms with van der Waals surface area (Å²) in [6.45, 7) is 3.36. The first-order valence-corrected chi connectivity index (χ1v) is 11.6. The van der Waals surface area contributed by atoms with Crippen molar-refractivity contribution in [3.8, 4) is 0 Å². The number of aliphatic hydroxyl groups excluding tert-OH is 1. The van der Waals surface area contributed by atoms with Crippen LogP contribution in [0.4, 0.5) is 0 Å². The van der Waals surface area contributed by atoms with Gasteiger partial charge in [-0.3, -0.25) is 9.36 Å². The molecule has 0 amide bonds. The summed E-state index contributed by atoms with van der Waals surface area (Å²) in [4.78, 5) is 17.9. The second-order valence-electron chi connectivity index (χ2n) is 8.44. The van der Waals surface area contributed by atoms with Crippen LogP contribution in [0.25, 0.3) is 34.0 Å². The van der Waals surface area contributed by atoms with Gasteiger partial charge in [-0.25, -0.2) is 4.98 Å². The first kappa shape index (κ1) is 21.9. The number of para-hydroxylation sites is 2. The maximum atomic E-state index is 13.2. The molecular formula is C29H27N3O2. The molecule has 5 aromatic rings. The van der Waals surface area contributed by atoms with Gasteiger partial charge in [-0.15, -0.1) is 0 Å². The molecule has 0 spiro atoms. The van der Waals surface area contributed by atoms with Crippen LogP contribution in [-0.4, -0.2) is 25.8 Å². The van der Waals surface area contributed by atoms with Crippen molar-refractivity contribution in [3.63, 3.8) is 0 Å². The second-order valence-corrected chi connectivity index (χ2v) is 8.44. The molecule has 2 aromatic heterocycles. The van der Waals surface area contributed by atoms with Crippen LogP contribution >= 0.6 is 0 Å². The van der Waals surface area contributed by atoms with Crippen LogP contribution in [-0.2, 0) is 13.1 Å². The third-order valence-corrected chi connectivity index (χ3v) is 6.29. The van der Waals surface area contributed by atoms with E-state index in [0.29, 0.717) is 29.7 Å². The molecule has 0 saturated heterocycles. The number of rotatable bonds is 7. The van der Waals surface area contributed by atoms with Crippen molar-refractivity contribution < 1.29 is 5.11 Å². The lowest BCUT2D eigenvalue weighted by Crippen LogP contribution is -2.24. The van der Waals surface area contributed by atoms with E-state index in [-0.39, 0.29) is 12.2 Å². The molecule has 0 unspecified atom stereocenters. The Morgan fingerprint density at radius 3 is 2.35 bits per heavy atom. The normalized spacial score (nSPS) is 11.7. The topological polar surface area (TPSA) is 60.1 Å². The number of hydrogen-bond acceptors (Lipinski definition) is 3. The van der Waals surface area contributed by atoms with Crippen LogP contribution in [0.2, 0.25) is 0 Å². The summed E-state index contributed by atoms with van der Waals surface area (Å²) in [6.07, 6.45) is 4.48. The fourth-order valence-electron chi connectivity index (χ4n) is 4.55. The van der Waals surface area contributed by atoms with Gasteiger partial charge >= 0.3 is 0 Å². The van der Waals surface area contributed by atoms with Gasteiger partial charge in [0.15, 0.2) is 0 Å². The molecule has 0 saturated carbocycles. The van der Waals surface area contributed by atoms with Gasteiger partial charge in [0, 0.05) is 41.9 Å². The summed E-state index contributed by atoms with van der Waals surface area (Å²) < 4.78 is 3.99. The Morgan fingerprint density at radius 2 is 1.56 bits per heavy atom. The van der Waals surface area contributed by atoms with Crippen molar-refractivity contribution in [3.05, 3.63) is 112 Å². The second kappa shape index (κ2) is 9.49. The minimum Gasteiger partial charge on any atom is -0.396 e. The quantitative estimate of drug-likeness (QED) is 0.369. The zero-order chi connectivity index (χ0) is 23.5. The Bertz CT molecular complexity index is 1550. The molecule has 0 bridgehead atoms. The molecule has 0 atom stereocenters. The van der Waals surface area contributed by atoms with E-state index in [1.54, 1.807) is 10.6 Å². The van der Waals surface area contributed by atoms with E-state index in [4.69, 9.17) is 4.98 Å². The Morgan fingerprint density at radius 1 is 0.853 bits per heavy atom. The van der Waals surface area contributed by atoms with E-state index >= 15 is 0 Å². The van der Waals surface area contributed by atoms with Crippen LogP contribution in [0.15, 0.2) is 83.7 Å². The van der Waals surface area contributed by atoms with E-state index in [1.165, 1.54) is 11.1 Å². The van der Waals surface area contributed by atoms with Gasteiger partial charge in [-0.05, 0) is 49.3 Å². The summed E-state index contributed by atoms with van der Waals surface area (Å²) in [6, 6.07) is 26.2. The highest BCUT2D eigenvalue weighted by Gasteiger charge is 2.13. The first-order valence-electron chi connectivity index (χ1n) is 11.6. The van der Waals surface area contributed by atoms with Gasteiger partial charge in [0.25, 0.3) is 5.56 Å². The molecule has 5 nitrogen and oxygen atoms in total. The summed E-state index contributed by atoms with van der Waals surface area (Å²) in [5, 5.41) is 11.1.